The van der Waals surface area contributed by atoms with E-state index in [1.165, 1.54) is 20.3 Å². The van der Waals surface area contributed by atoms with Crippen LogP contribution < -0.4 is 20.1 Å². The Hall–Kier alpha value is -4.59. The average Bonchev–Trinajstić information content (AvgIpc) is 3.29. The van der Waals surface area contributed by atoms with Crippen molar-refractivity contribution in [2.75, 3.05) is 38.9 Å². The van der Waals surface area contributed by atoms with Crippen LogP contribution in [0, 0.1) is 11.3 Å². The average molecular weight is 450 g/mol. The molecule has 170 valence electrons. The number of rotatable bonds is 8. The molecule has 2 aromatic heterocycles. The van der Waals surface area contributed by atoms with Crippen LogP contribution in [0.15, 0.2) is 34.7 Å². The molecule has 0 aliphatic carbocycles. The van der Waals surface area contributed by atoms with Gasteiger partial charge in [0, 0.05) is 14.1 Å². The number of nitrogens with zero attached hydrogens (tertiary/aromatic N) is 5. The molecule has 0 atom stereocenters. The van der Waals surface area contributed by atoms with E-state index < -0.39 is 5.97 Å². The third-order valence-corrected chi connectivity index (χ3v) is 4.32. The molecule has 0 saturated heterocycles. The number of hydrogen-bond donors (Lipinski definition) is 1. The Morgan fingerprint density at radius 1 is 1.18 bits per heavy atom. The van der Waals surface area contributed by atoms with Crippen molar-refractivity contribution in [3.8, 4) is 17.6 Å². The first-order chi connectivity index (χ1) is 15.8. The Labute approximate surface area is 190 Å². The van der Waals surface area contributed by atoms with Crippen molar-refractivity contribution in [3.05, 3.63) is 53.2 Å². The molecule has 0 bridgehead atoms. The van der Waals surface area contributed by atoms with Crippen LogP contribution in [0.5, 0.6) is 11.5 Å². The zero-order chi connectivity index (χ0) is 24.0. The maximum Gasteiger partial charge on any atom is 0.373 e. The predicted molar refractivity (Wildman–Crippen MR) is 119 cm³/mol. The molecule has 1 aromatic carbocycles. The van der Waals surface area contributed by atoms with Crippen molar-refractivity contribution in [1.82, 2.24) is 15.0 Å². The van der Waals surface area contributed by atoms with Crippen LogP contribution in [0.4, 0.5) is 11.9 Å². The van der Waals surface area contributed by atoms with E-state index in [0.717, 1.165) is 0 Å². The molecule has 3 aromatic rings. The summed E-state index contributed by atoms with van der Waals surface area (Å²) in [6.07, 6.45) is 1.61. The van der Waals surface area contributed by atoms with Crippen LogP contribution in [0.3, 0.4) is 0 Å². The first-order valence-corrected chi connectivity index (χ1v) is 9.63. The van der Waals surface area contributed by atoms with Crippen LogP contribution in [-0.4, -0.2) is 49.2 Å². The number of nitriles is 1. The highest BCUT2D eigenvalue weighted by Crippen LogP contribution is 2.30. The van der Waals surface area contributed by atoms with Gasteiger partial charge in [0.15, 0.2) is 17.3 Å². The first kappa shape index (κ1) is 23.1. The molecule has 0 aliphatic rings. The molecule has 11 heteroatoms. The second-order valence-electron chi connectivity index (χ2n) is 6.84. The van der Waals surface area contributed by atoms with Crippen LogP contribution >= 0.6 is 0 Å². The van der Waals surface area contributed by atoms with Gasteiger partial charge in [-0.05, 0) is 35.9 Å². The summed E-state index contributed by atoms with van der Waals surface area (Å²) in [6.45, 7) is 0.0728. The van der Waals surface area contributed by atoms with Gasteiger partial charge in [-0.3, -0.25) is 0 Å². The summed E-state index contributed by atoms with van der Waals surface area (Å²) in [4.78, 5) is 25.5. The number of esters is 1. The van der Waals surface area contributed by atoms with Gasteiger partial charge >= 0.3 is 5.97 Å². The van der Waals surface area contributed by atoms with Gasteiger partial charge in [-0.1, -0.05) is 6.07 Å². The number of hydrogen-bond acceptors (Lipinski definition) is 11. The van der Waals surface area contributed by atoms with Crippen LogP contribution in [0.2, 0.25) is 0 Å². The van der Waals surface area contributed by atoms with Crippen molar-refractivity contribution in [3.63, 3.8) is 0 Å². The summed E-state index contributed by atoms with van der Waals surface area (Å²) < 4.78 is 21.2. The maximum atomic E-state index is 11.5. The molecule has 0 unspecified atom stereocenters. The largest absolute Gasteiger partial charge is 0.493 e. The molecular formula is C22H22N6O5. The van der Waals surface area contributed by atoms with E-state index in [0.29, 0.717) is 28.8 Å². The fraction of sp³-hybridized carbons (Fsp3) is 0.227. The number of benzene rings is 1. The summed E-state index contributed by atoms with van der Waals surface area (Å²) in [5, 5.41) is 9.64. The normalized spacial score (nSPS) is 10.9. The van der Waals surface area contributed by atoms with Gasteiger partial charge in [0.25, 0.3) is 0 Å². The highest BCUT2D eigenvalue weighted by Gasteiger charge is 2.14. The molecule has 0 aliphatic heterocycles. The second kappa shape index (κ2) is 10.1. The zero-order valence-corrected chi connectivity index (χ0v) is 18.5. The number of aromatic nitrogens is 3. The predicted octanol–water partition coefficient (Wildman–Crippen LogP) is 2.55. The van der Waals surface area contributed by atoms with E-state index in [1.54, 1.807) is 49.3 Å². The van der Waals surface area contributed by atoms with Gasteiger partial charge < -0.3 is 29.3 Å². The topological polar surface area (TPSA) is 150 Å². The molecule has 0 amide bonds. The number of carbonyl (C=O) groups is 1. The van der Waals surface area contributed by atoms with Gasteiger partial charge in [-0.25, -0.2) is 4.79 Å². The Balaban J connectivity index is 1.82. The minimum absolute atomic E-state index is 0.0134. The molecule has 0 spiro atoms. The fourth-order valence-corrected chi connectivity index (χ4v) is 2.72. The lowest BCUT2D eigenvalue weighted by Crippen LogP contribution is -2.15. The minimum Gasteiger partial charge on any atom is -0.493 e. The highest BCUT2D eigenvalue weighted by molar-refractivity contribution is 5.88. The highest BCUT2D eigenvalue weighted by atomic mass is 16.5. The van der Waals surface area contributed by atoms with Crippen molar-refractivity contribution in [2.45, 2.75) is 6.61 Å². The van der Waals surface area contributed by atoms with Crippen molar-refractivity contribution in [1.29, 1.82) is 5.26 Å². The number of nitrogens with two attached hydrogens (primary N) is 1. The van der Waals surface area contributed by atoms with Crippen LogP contribution in [-0.2, 0) is 11.3 Å². The van der Waals surface area contributed by atoms with Gasteiger partial charge in [-0.15, -0.1) is 0 Å². The molecule has 33 heavy (non-hydrogen) atoms. The third kappa shape index (κ3) is 5.56. The van der Waals surface area contributed by atoms with Gasteiger partial charge in [0.1, 0.15) is 18.4 Å². The first-order valence-electron chi connectivity index (χ1n) is 9.63. The molecule has 0 radical (unpaired) electrons. The smallest absolute Gasteiger partial charge is 0.373 e. The number of nitrogen functional groups attached to an aromatic ring is 1. The van der Waals surface area contributed by atoms with E-state index in [2.05, 4.69) is 25.8 Å². The molecule has 0 saturated carbocycles. The lowest BCUT2D eigenvalue weighted by Gasteiger charge is -2.12. The van der Waals surface area contributed by atoms with E-state index in [9.17, 15) is 10.1 Å². The van der Waals surface area contributed by atoms with E-state index >= 15 is 0 Å². The summed E-state index contributed by atoms with van der Waals surface area (Å²) in [6, 6.07) is 10.4. The van der Waals surface area contributed by atoms with E-state index in [1.807, 2.05) is 0 Å². The lowest BCUT2D eigenvalue weighted by atomic mass is 10.1. The Morgan fingerprint density at radius 3 is 2.64 bits per heavy atom. The number of carbonyl (C=O) groups excluding carboxylic acids is 1. The zero-order valence-electron chi connectivity index (χ0n) is 18.5. The SMILES string of the molecule is COC(=O)c1ccc(COc2ccc(/C=C(\C#N)c3nc(N)nc(N(C)C)n3)cc2OC)o1. The summed E-state index contributed by atoms with van der Waals surface area (Å²) in [5.41, 5.74) is 6.62. The van der Waals surface area contributed by atoms with Crippen molar-refractivity contribution < 1.29 is 23.4 Å². The Kier molecular flexibility index (Phi) is 7.10. The molecule has 0 fully saturated rings. The number of ether oxygens (including phenoxy) is 3. The van der Waals surface area contributed by atoms with Gasteiger partial charge in [0.2, 0.25) is 17.7 Å². The monoisotopic (exact) mass is 450 g/mol. The molecule has 3 rings (SSSR count). The summed E-state index contributed by atoms with van der Waals surface area (Å²) in [7, 11) is 6.30. The summed E-state index contributed by atoms with van der Waals surface area (Å²) in [5.74, 6) is 1.36. The lowest BCUT2D eigenvalue weighted by molar-refractivity contribution is 0.0561. The number of furan rings is 1. The van der Waals surface area contributed by atoms with E-state index in [4.69, 9.17) is 19.6 Å². The third-order valence-electron chi connectivity index (χ3n) is 4.32. The molecule has 2 heterocycles. The van der Waals surface area contributed by atoms with Crippen molar-refractivity contribution in [2.24, 2.45) is 0 Å². The standard InChI is InChI=1S/C22H22N6O5/c1-28(2)22-26-19(25-21(24)27-22)14(11-23)9-13-5-7-16(18(10-13)30-3)32-12-15-6-8-17(33-15)20(29)31-4/h5-10H,12H2,1-4H3,(H2,24,25,26,27)/b14-9+. The second-order valence-corrected chi connectivity index (χ2v) is 6.84. The van der Waals surface area contributed by atoms with Crippen LogP contribution in [0.1, 0.15) is 27.7 Å². The van der Waals surface area contributed by atoms with Crippen LogP contribution in [0.25, 0.3) is 11.6 Å². The van der Waals surface area contributed by atoms with Gasteiger partial charge in [-0.2, -0.15) is 20.2 Å². The Morgan fingerprint density at radius 2 is 1.97 bits per heavy atom. The Bertz CT molecular complexity index is 1230. The molecule has 2 N–H and O–H groups in total. The molecule has 11 nitrogen and oxygen atoms in total. The maximum absolute atomic E-state index is 11.5. The number of allylic oxidation sites excluding steroid dienone is 1. The van der Waals surface area contributed by atoms with E-state index in [-0.39, 0.29) is 29.7 Å². The molecular weight excluding hydrogens is 428 g/mol. The summed E-state index contributed by atoms with van der Waals surface area (Å²) >= 11 is 0. The minimum atomic E-state index is -0.569. The fourth-order valence-electron chi connectivity index (χ4n) is 2.72. The van der Waals surface area contributed by atoms with Crippen molar-refractivity contribution >= 4 is 29.5 Å². The number of anilines is 2. The quantitative estimate of drug-likeness (QED) is 0.398. The number of methoxy groups -OCH3 is 2. The van der Waals surface area contributed by atoms with Gasteiger partial charge in [0.05, 0.1) is 19.8 Å².